The van der Waals surface area contributed by atoms with Gasteiger partial charge in [0.2, 0.25) is 0 Å². The van der Waals surface area contributed by atoms with Crippen molar-refractivity contribution in [1.82, 2.24) is 0 Å². The van der Waals surface area contributed by atoms with Gasteiger partial charge in [-0.1, -0.05) is 206 Å². The number of furan rings is 2. The van der Waals surface area contributed by atoms with Crippen molar-refractivity contribution < 1.29 is 18.0 Å². The van der Waals surface area contributed by atoms with Gasteiger partial charge >= 0.3 is 0 Å². The third kappa shape index (κ3) is 8.66. The SMILES string of the molecule is CP(C)(=O)c1ccc(-c2ccc3c(-c4ccccc4)c4ccccc4c(-c4ccc(-c5ccc6c(c5)oc5cc(-c7c8ccccc8c(-c8ccc9c(c8)oc8ccccc89)c8cc(-c9cccc(P(C)(C)=O)c9)ccc78)ccc56)cc4)c3c2)cc1. The molecule has 0 saturated heterocycles. The van der Waals surface area contributed by atoms with E-state index >= 15 is 0 Å². The molecule has 2 aromatic heterocycles. The fourth-order valence-electron chi connectivity index (χ4n) is 13.4. The van der Waals surface area contributed by atoms with Gasteiger partial charge in [0.25, 0.3) is 0 Å². The molecule has 410 valence electrons. The maximum atomic E-state index is 13.4. The Morgan fingerprint density at radius 2 is 0.523 bits per heavy atom. The van der Waals surface area contributed by atoms with Crippen molar-refractivity contribution in [3.05, 3.63) is 267 Å². The minimum atomic E-state index is -2.51. The summed E-state index contributed by atoms with van der Waals surface area (Å²) in [6, 6.07) is 95.5. The summed E-state index contributed by atoms with van der Waals surface area (Å²) < 4.78 is 39.9. The van der Waals surface area contributed by atoms with Gasteiger partial charge < -0.3 is 18.0 Å². The molecule has 2 heterocycles. The molecular weight excluding hydrogens is 1090 g/mol. The minimum absolute atomic E-state index is 0.822. The second-order valence-electron chi connectivity index (χ2n) is 23.7. The summed E-state index contributed by atoms with van der Waals surface area (Å²) in [6.07, 6.45) is 0. The maximum absolute atomic E-state index is 13.4. The summed E-state index contributed by atoms with van der Waals surface area (Å²) in [5, 5.41) is 15.3. The van der Waals surface area contributed by atoms with Crippen LogP contribution in [0.3, 0.4) is 0 Å². The highest BCUT2D eigenvalue weighted by Gasteiger charge is 2.23. The first-order valence-corrected chi connectivity index (χ1v) is 34.4. The van der Waals surface area contributed by atoms with Crippen LogP contribution in [-0.4, -0.2) is 26.7 Å². The molecule has 14 aromatic carbocycles. The summed E-state index contributed by atoms with van der Waals surface area (Å²) in [5.74, 6) is 0. The highest BCUT2D eigenvalue weighted by atomic mass is 31.2. The summed E-state index contributed by atoms with van der Waals surface area (Å²) in [6.45, 7) is 7.32. The van der Waals surface area contributed by atoms with Crippen molar-refractivity contribution in [2.75, 3.05) is 26.7 Å². The zero-order valence-corrected chi connectivity index (χ0v) is 49.7. The van der Waals surface area contributed by atoms with Crippen LogP contribution in [-0.2, 0) is 9.13 Å². The van der Waals surface area contributed by atoms with E-state index in [-0.39, 0.29) is 0 Å². The van der Waals surface area contributed by atoms with Crippen LogP contribution in [0.4, 0.5) is 0 Å². The summed E-state index contributed by atoms with van der Waals surface area (Å²) in [7, 11) is -4.91. The lowest BCUT2D eigenvalue weighted by Crippen LogP contribution is -2.02. The van der Waals surface area contributed by atoms with E-state index in [9.17, 15) is 9.13 Å². The van der Waals surface area contributed by atoms with Crippen molar-refractivity contribution in [2.24, 2.45) is 0 Å². The minimum Gasteiger partial charge on any atom is -0.456 e. The first-order valence-electron chi connectivity index (χ1n) is 29.2. The number of hydrogen-bond acceptors (Lipinski definition) is 4. The Bertz CT molecular complexity index is 5560. The van der Waals surface area contributed by atoms with Gasteiger partial charge in [0, 0.05) is 32.2 Å². The molecule has 16 rings (SSSR count). The second-order valence-corrected chi connectivity index (χ2v) is 30.1. The van der Waals surface area contributed by atoms with E-state index in [1.165, 1.54) is 38.2 Å². The number of benzene rings is 14. The van der Waals surface area contributed by atoms with Gasteiger partial charge in [-0.25, -0.2) is 0 Å². The quantitative estimate of drug-likeness (QED) is 0.107. The van der Waals surface area contributed by atoms with Crippen LogP contribution in [0.15, 0.2) is 276 Å². The molecule has 0 saturated carbocycles. The van der Waals surface area contributed by atoms with E-state index in [0.29, 0.717) is 0 Å². The van der Waals surface area contributed by atoms with E-state index in [2.05, 4.69) is 231 Å². The van der Waals surface area contributed by atoms with Crippen LogP contribution in [0.5, 0.6) is 0 Å². The normalized spacial score (nSPS) is 12.3. The highest BCUT2D eigenvalue weighted by Crippen LogP contribution is 2.49. The highest BCUT2D eigenvalue weighted by molar-refractivity contribution is 7.70. The fourth-order valence-corrected chi connectivity index (χ4v) is 15.2. The molecular formula is C80H56O4P2. The largest absolute Gasteiger partial charge is 0.456 e. The van der Waals surface area contributed by atoms with Crippen molar-refractivity contribution >= 4 is 112 Å². The van der Waals surface area contributed by atoms with Crippen LogP contribution >= 0.6 is 14.3 Å². The Morgan fingerprint density at radius 3 is 1.06 bits per heavy atom. The molecule has 86 heavy (non-hydrogen) atoms. The number of hydrogen-bond donors (Lipinski definition) is 0. The standard InChI is InChI=1S/C80H56O4P2/c1-85(2,81)59-36-29-50(30-37-59)54-32-41-69-71(44-54)78(66-21-9-8-20-65(66)77(69)51-15-6-5-7-16-51)52-27-25-49(26-28-52)56-31-38-63-64-40-34-57(47-76(64)84-74(63)46-56)79-67-22-10-11-23-68(67)80(58-35-39-62-61-19-12-13-24-73(61)83-75(62)48-58)72-45-55(33-42-70(72)79)53-17-14-18-60(43-53)86(3,4)82/h5-48H,1-4H3. The molecule has 0 bridgehead atoms. The molecule has 4 nitrogen and oxygen atoms in total. The Labute approximate surface area is 498 Å². The lowest BCUT2D eigenvalue weighted by Gasteiger charge is -2.19. The van der Waals surface area contributed by atoms with Crippen LogP contribution < -0.4 is 10.6 Å². The average molecular weight is 1140 g/mol. The molecule has 0 fully saturated rings. The second kappa shape index (κ2) is 19.9. The maximum Gasteiger partial charge on any atom is 0.136 e. The van der Waals surface area contributed by atoms with Crippen molar-refractivity contribution in [3.8, 4) is 77.9 Å². The monoisotopic (exact) mass is 1140 g/mol. The average Bonchev–Trinajstić information content (AvgIpc) is 1.09. The molecule has 0 unspecified atom stereocenters. The summed E-state index contributed by atoms with van der Waals surface area (Å²) in [4.78, 5) is 0. The van der Waals surface area contributed by atoms with E-state index in [0.717, 1.165) is 137 Å². The molecule has 0 radical (unpaired) electrons. The van der Waals surface area contributed by atoms with Crippen molar-refractivity contribution in [3.63, 3.8) is 0 Å². The molecule has 0 aliphatic carbocycles. The van der Waals surface area contributed by atoms with Crippen LogP contribution in [0.25, 0.3) is 165 Å². The molecule has 16 aromatic rings. The van der Waals surface area contributed by atoms with Gasteiger partial charge in [0.1, 0.15) is 36.6 Å². The number of fused-ring (bicyclic) bond motifs is 10. The van der Waals surface area contributed by atoms with Gasteiger partial charge in [-0.15, -0.1) is 0 Å². The van der Waals surface area contributed by atoms with Crippen LogP contribution in [0.2, 0.25) is 0 Å². The molecule has 6 heteroatoms. The Hall–Kier alpha value is -9.82. The Kier molecular flexibility index (Phi) is 12.0. The first-order chi connectivity index (χ1) is 41.9. The van der Waals surface area contributed by atoms with E-state index in [1.807, 2.05) is 63.1 Å². The topological polar surface area (TPSA) is 60.4 Å². The van der Waals surface area contributed by atoms with Gasteiger partial charge in [-0.3, -0.25) is 0 Å². The third-order valence-corrected chi connectivity index (χ3v) is 20.7. The fraction of sp³-hybridized carbons (Fsp3) is 0.0500. The Balaban J connectivity index is 0.811. The Morgan fingerprint density at radius 1 is 0.209 bits per heavy atom. The smallest absolute Gasteiger partial charge is 0.136 e. The van der Waals surface area contributed by atoms with Gasteiger partial charge in [-0.2, -0.15) is 0 Å². The predicted octanol–water partition coefficient (Wildman–Crippen LogP) is 22.3. The molecule has 0 aliphatic heterocycles. The zero-order valence-electron chi connectivity index (χ0n) is 47.9. The van der Waals surface area contributed by atoms with E-state index < -0.39 is 14.3 Å². The predicted molar refractivity (Wildman–Crippen MR) is 367 cm³/mol. The van der Waals surface area contributed by atoms with Gasteiger partial charge in [-0.05, 0) is 208 Å². The lowest BCUT2D eigenvalue weighted by atomic mass is 9.84. The molecule has 0 N–H and O–H groups in total. The number of para-hydroxylation sites is 1. The van der Waals surface area contributed by atoms with E-state index in [1.54, 1.807) is 0 Å². The van der Waals surface area contributed by atoms with Crippen molar-refractivity contribution in [1.29, 1.82) is 0 Å². The molecule has 0 aliphatic rings. The van der Waals surface area contributed by atoms with Crippen LogP contribution in [0, 0.1) is 0 Å². The number of rotatable bonds is 9. The molecule has 0 amide bonds. The molecule has 0 atom stereocenters. The summed E-state index contributed by atoms with van der Waals surface area (Å²) >= 11 is 0. The zero-order chi connectivity index (χ0) is 58.0. The van der Waals surface area contributed by atoms with Gasteiger partial charge in [0.05, 0.1) is 0 Å². The first kappa shape index (κ1) is 51.8. The third-order valence-electron chi connectivity index (χ3n) is 17.7. The van der Waals surface area contributed by atoms with Gasteiger partial charge in [0.15, 0.2) is 0 Å². The van der Waals surface area contributed by atoms with Crippen LogP contribution in [0.1, 0.15) is 0 Å². The van der Waals surface area contributed by atoms with E-state index in [4.69, 9.17) is 8.83 Å². The van der Waals surface area contributed by atoms with Crippen molar-refractivity contribution in [2.45, 2.75) is 0 Å². The lowest BCUT2D eigenvalue weighted by molar-refractivity contribution is 0.587. The molecule has 0 spiro atoms. The summed E-state index contributed by atoms with van der Waals surface area (Å²) in [5.41, 5.74) is 18.9.